The molecule has 0 bridgehead atoms. The van der Waals surface area contributed by atoms with Gasteiger partial charge in [-0.2, -0.15) is 0 Å². The van der Waals surface area contributed by atoms with Crippen LogP contribution < -0.4 is 0 Å². The highest BCUT2D eigenvalue weighted by molar-refractivity contribution is 5.10. The second-order valence-corrected chi connectivity index (χ2v) is 1.63. The zero-order valence-corrected chi connectivity index (χ0v) is 12.2. The van der Waals surface area contributed by atoms with Gasteiger partial charge in [0.25, 0.3) is 0 Å². The van der Waals surface area contributed by atoms with Gasteiger partial charge in [-0.1, -0.05) is 48.4 Å². The molecule has 0 aromatic carbocycles. The summed E-state index contributed by atoms with van der Waals surface area (Å²) in [6, 6.07) is 0. The van der Waals surface area contributed by atoms with Crippen LogP contribution in [0.3, 0.4) is 0 Å². The molecule has 0 saturated heterocycles. The van der Waals surface area contributed by atoms with Crippen molar-refractivity contribution in [2.75, 3.05) is 21.3 Å². The first-order chi connectivity index (χ1) is 8.16. The molecular weight excluding hydrogens is 264 g/mol. The Kier molecular flexibility index (Phi) is 1710. The Labute approximate surface area is 138 Å². The average molecular weight is 311 g/mol. The van der Waals surface area contributed by atoms with Gasteiger partial charge in [-0.25, -0.2) is 0 Å². The summed E-state index contributed by atoms with van der Waals surface area (Å²) in [7, 11) is 4.81. The van der Waals surface area contributed by atoms with Gasteiger partial charge in [-0.3, -0.25) is 0 Å². The molecule has 0 aliphatic carbocycles. The summed E-state index contributed by atoms with van der Waals surface area (Å²) < 4.78 is 8.56. The molecule has 21 heavy (non-hydrogen) atoms. The molecule has 0 fully saturated rings. The highest BCUT2D eigenvalue weighted by Gasteiger charge is 1.36. The molecule has 0 spiro atoms. The maximum Gasteiger partial charge on any atom is 0.106 e. The van der Waals surface area contributed by atoms with Crippen molar-refractivity contribution in [3.05, 3.63) is 51.3 Å². The van der Waals surface area contributed by atoms with Crippen molar-refractivity contribution in [3.8, 4) is 0 Å². The van der Waals surface area contributed by atoms with Crippen molar-refractivity contribution in [3.63, 3.8) is 0 Å². The number of carbonyl (C=O) groups is 1. The van der Waals surface area contributed by atoms with Gasteiger partial charge in [0.05, 0.1) is 13.4 Å². The van der Waals surface area contributed by atoms with Crippen LogP contribution in [-0.4, -0.2) is 28.1 Å². The van der Waals surface area contributed by atoms with Crippen molar-refractivity contribution >= 4 is 6.79 Å². The summed E-state index contributed by atoms with van der Waals surface area (Å²) in [5.74, 6) is 0. The quantitative estimate of drug-likeness (QED) is 0.405. The minimum atomic E-state index is 0. The van der Waals surface area contributed by atoms with Gasteiger partial charge in [-0.05, 0) is 13.8 Å². The minimum Gasteiger partial charge on any atom is -0.505 e. The van der Waals surface area contributed by atoms with E-state index in [2.05, 4.69) is 42.4 Å². The van der Waals surface area contributed by atoms with E-state index in [0.717, 1.165) is 0 Å². The zero-order valence-electron chi connectivity index (χ0n) is 12.2. The van der Waals surface area contributed by atoms with Gasteiger partial charge in [0.2, 0.25) is 0 Å². The first kappa shape index (κ1) is 74.4. The molecule has 3 heteroatoms. The Balaban J connectivity index is -0.00000000846. The Morgan fingerprint density at radius 2 is 0.762 bits per heavy atom. The standard InChI is InChI=1S/C3H6O.2C3H6.C2H6O.C2H4.CH2O.4CH4/c1-3-4-2;3*1-3-2;2*1-2;;;;/h3H,1H2,2H3;2*3H,1H2,2H3;1-2H3;1-2H2;1H2;4*1H4. The topological polar surface area (TPSA) is 35.5 Å². The Morgan fingerprint density at radius 3 is 0.762 bits per heavy atom. The molecule has 0 heterocycles. The predicted octanol–water partition coefficient (Wildman–Crippen LogP) is 6.59. The lowest BCUT2D eigenvalue weighted by Crippen LogP contribution is -1.55. The summed E-state index contributed by atoms with van der Waals surface area (Å²) in [6.07, 6.45) is 4.88. The van der Waals surface area contributed by atoms with Gasteiger partial charge < -0.3 is 14.3 Å². The molecule has 0 unspecified atom stereocenters. The van der Waals surface area contributed by atoms with Crippen LogP contribution in [-0.2, 0) is 14.3 Å². The van der Waals surface area contributed by atoms with Crippen LogP contribution >= 0.6 is 0 Å². The van der Waals surface area contributed by atoms with E-state index in [-0.39, 0.29) is 29.7 Å². The predicted molar refractivity (Wildman–Crippen MR) is 107 cm³/mol. The van der Waals surface area contributed by atoms with Gasteiger partial charge in [0.15, 0.2) is 0 Å². The van der Waals surface area contributed by atoms with Crippen LogP contribution in [0, 0.1) is 0 Å². The molecule has 0 aliphatic rings. The van der Waals surface area contributed by atoms with Gasteiger partial charge in [0, 0.05) is 14.2 Å². The first-order valence-electron chi connectivity index (χ1n) is 4.63. The van der Waals surface area contributed by atoms with Crippen molar-refractivity contribution in [2.45, 2.75) is 43.6 Å². The summed E-state index contributed by atoms with van der Waals surface area (Å²) in [4.78, 5) is 8.00. The van der Waals surface area contributed by atoms with Gasteiger partial charge in [-0.15, -0.1) is 26.3 Å². The summed E-state index contributed by atoms with van der Waals surface area (Å²) in [5, 5.41) is 0. The van der Waals surface area contributed by atoms with E-state index in [0.29, 0.717) is 0 Å². The molecule has 0 amide bonds. The normalized spacial score (nSPS) is 3.48. The van der Waals surface area contributed by atoms with Crippen LogP contribution in [0.2, 0.25) is 0 Å². The number of hydrogen-bond acceptors (Lipinski definition) is 3. The highest BCUT2D eigenvalue weighted by Crippen LogP contribution is 1.52. The van der Waals surface area contributed by atoms with Crippen LogP contribution in [0.1, 0.15) is 43.6 Å². The molecule has 136 valence electrons. The lowest BCUT2D eigenvalue weighted by molar-refractivity contribution is -0.0979. The molecule has 0 N–H and O–H groups in total. The zero-order chi connectivity index (χ0) is 15.5. The monoisotopic (exact) mass is 310 g/mol. The summed E-state index contributed by atoms with van der Waals surface area (Å²) in [6.45, 7) is 21.8. The van der Waals surface area contributed by atoms with E-state index in [9.17, 15) is 0 Å². The number of rotatable bonds is 1. The second kappa shape index (κ2) is 484. The molecule has 0 aromatic rings. The molecule has 0 aliphatic heterocycles. The summed E-state index contributed by atoms with van der Waals surface area (Å²) >= 11 is 0. The van der Waals surface area contributed by atoms with Crippen LogP contribution in [0.4, 0.5) is 0 Å². The Hall–Kier alpha value is -1.61. The minimum absolute atomic E-state index is 0. The Bertz CT molecular complexity index is 94.6. The molecular formula is C18H46O3. The first-order valence-corrected chi connectivity index (χ1v) is 4.63. The van der Waals surface area contributed by atoms with E-state index in [1.54, 1.807) is 33.5 Å². The number of methoxy groups -OCH3 is 2. The van der Waals surface area contributed by atoms with Crippen LogP contribution in [0.5, 0.6) is 0 Å². The molecule has 0 aromatic heterocycles. The van der Waals surface area contributed by atoms with Crippen molar-refractivity contribution in [1.82, 2.24) is 0 Å². The number of allylic oxidation sites excluding steroid dienone is 2. The lowest BCUT2D eigenvalue weighted by Gasteiger charge is -1.73. The number of carbonyl (C=O) groups excluding carboxylic acids is 1. The van der Waals surface area contributed by atoms with Crippen molar-refractivity contribution < 1.29 is 14.3 Å². The van der Waals surface area contributed by atoms with Crippen LogP contribution in [0.15, 0.2) is 51.3 Å². The fourth-order valence-electron chi connectivity index (χ4n) is 0. The maximum absolute atomic E-state index is 8.00. The second-order valence-electron chi connectivity index (χ2n) is 1.63. The van der Waals surface area contributed by atoms with Crippen molar-refractivity contribution in [2.24, 2.45) is 0 Å². The van der Waals surface area contributed by atoms with Crippen LogP contribution in [0.25, 0.3) is 0 Å². The third-order valence-corrected chi connectivity index (χ3v) is 0.167. The average Bonchev–Trinajstić information content (AvgIpc) is 2.37. The highest BCUT2D eigenvalue weighted by atomic mass is 16.5. The smallest absolute Gasteiger partial charge is 0.106 e. The van der Waals surface area contributed by atoms with E-state index < -0.39 is 0 Å². The summed E-state index contributed by atoms with van der Waals surface area (Å²) in [5.41, 5.74) is 0. The van der Waals surface area contributed by atoms with E-state index in [1.807, 2.05) is 20.6 Å². The fraction of sp³-hybridized carbons (Fsp3) is 0.500. The third kappa shape index (κ3) is 13300. The SMILES string of the molecule is C.C.C.C.C=C.C=CC.C=CC.C=COC.C=O.COC. The van der Waals surface area contributed by atoms with E-state index >= 15 is 0 Å². The Morgan fingerprint density at radius 1 is 0.714 bits per heavy atom. The third-order valence-electron chi connectivity index (χ3n) is 0.167. The maximum atomic E-state index is 8.00. The van der Waals surface area contributed by atoms with E-state index in [1.165, 1.54) is 6.26 Å². The van der Waals surface area contributed by atoms with Crippen molar-refractivity contribution in [1.29, 1.82) is 0 Å². The molecule has 3 nitrogen and oxygen atoms in total. The number of hydrogen-bond donors (Lipinski definition) is 0. The molecule has 0 atom stereocenters. The fourth-order valence-corrected chi connectivity index (χ4v) is 0. The number of ether oxygens (including phenoxy) is 2. The lowest BCUT2D eigenvalue weighted by atomic mass is 10.8. The van der Waals surface area contributed by atoms with Gasteiger partial charge >= 0.3 is 0 Å². The molecule has 0 rings (SSSR count). The van der Waals surface area contributed by atoms with E-state index in [4.69, 9.17) is 4.79 Å². The largest absolute Gasteiger partial charge is 0.505 e. The molecule has 0 saturated carbocycles. The van der Waals surface area contributed by atoms with Gasteiger partial charge in [0.1, 0.15) is 6.79 Å². The molecule has 0 radical (unpaired) electrons.